The number of hydrogen-bond acceptors (Lipinski definition) is 5. The van der Waals surface area contributed by atoms with Gasteiger partial charge in [0.2, 0.25) is 5.91 Å². The highest BCUT2D eigenvalue weighted by Crippen LogP contribution is 2.26. The number of nitrogens with zero attached hydrogens (tertiary/aromatic N) is 4. The Kier molecular flexibility index (Phi) is 8.45. The summed E-state index contributed by atoms with van der Waals surface area (Å²) in [5.74, 6) is -0.311. The minimum absolute atomic E-state index is 0.134. The van der Waals surface area contributed by atoms with E-state index in [1.165, 1.54) is 0 Å². The molecule has 0 unspecified atom stereocenters. The van der Waals surface area contributed by atoms with Crippen LogP contribution in [0.5, 0.6) is 0 Å². The van der Waals surface area contributed by atoms with Gasteiger partial charge in [0.15, 0.2) is 0 Å². The number of nitriles is 1. The average molecular weight is 453 g/mol. The van der Waals surface area contributed by atoms with E-state index in [2.05, 4.69) is 26.7 Å². The van der Waals surface area contributed by atoms with Crippen LogP contribution in [0, 0.1) is 23.2 Å². The monoisotopic (exact) mass is 452 g/mol. The van der Waals surface area contributed by atoms with Gasteiger partial charge in [-0.3, -0.25) is 14.3 Å². The number of likely N-dealkylation sites (N-methyl/N-ethyl adjacent to an activating group) is 1. The number of benzene rings is 1. The SMILES string of the molecule is CC(C)C[C@@H](C#N)NC(=O)[C@@H]1CCCC[C@@H]1NC(=O)c1ccc2nn(CCN(C)C)cc2c1. The number of amides is 2. The Hall–Kier alpha value is -2.92. The summed E-state index contributed by atoms with van der Waals surface area (Å²) in [6, 6.07) is 6.97. The largest absolute Gasteiger partial charge is 0.349 e. The van der Waals surface area contributed by atoms with E-state index in [0.29, 0.717) is 24.3 Å². The number of nitrogens with one attached hydrogen (secondary N) is 2. The van der Waals surface area contributed by atoms with E-state index in [1.54, 1.807) is 6.07 Å². The predicted octanol–water partition coefficient (Wildman–Crippen LogP) is 2.94. The van der Waals surface area contributed by atoms with E-state index < -0.39 is 6.04 Å². The van der Waals surface area contributed by atoms with Gasteiger partial charge >= 0.3 is 0 Å². The number of aromatic nitrogens is 2. The standard InChI is InChI=1S/C25H36N6O2/c1-17(2)13-20(15-26)27-25(33)21-7-5-6-8-23(21)28-24(32)18-9-10-22-19(14-18)16-31(29-22)12-11-30(3)4/h9-10,14,16-17,20-21,23H,5-8,11-13H2,1-4H3,(H,27,33)(H,28,32)/t20-,21+,23-/m0/s1. The van der Waals surface area contributed by atoms with Crippen LogP contribution in [0.3, 0.4) is 0 Å². The molecule has 1 aliphatic rings. The smallest absolute Gasteiger partial charge is 0.251 e. The fourth-order valence-electron chi connectivity index (χ4n) is 4.40. The molecular weight excluding hydrogens is 416 g/mol. The Morgan fingerprint density at radius 3 is 2.73 bits per heavy atom. The van der Waals surface area contributed by atoms with Gasteiger partial charge in [0, 0.05) is 29.7 Å². The Morgan fingerprint density at radius 2 is 2.03 bits per heavy atom. The van der Waals surface area contributed by atoms with E-state index in [-0.39, 0.29) is 23.8 Å². The molecule has 1 aromatic heterocycles. The van der Waals surface area contributed by atoms with Crippen molar-refractivity contribution in [1.82, 2.24) is 25.3 Å². The van der Waals surface area contributed by atoms with Crippen molar-refractivity contribution >= 4 is 22.7 Å². The number of fused-ring (bicyclic) bond motifs is 1. The van der Waals surface area contributed by atoms with Gasteiger partial charge in [-0.05, 0) is 57.5 Å². The molecule has 0 saturated heterocycles. The topological polar surface area (TPSA) is 103 Å². The molecule has 1 heterocycles. The quantitative estimate of drug-likeness (QED) is 0.609. The zero-order chi connectivity index (χ0) is 24.0. The van der Waals surface area contributed by atoms with Crippen LogP contribution in [0.1, 0.15) is 56.3 Å². The van der Waals surface area contributed by atoms with Gasteiger partial charge < -0.3 is 15.5 Å². The Labute approximate surface area is 196 Å². The molecule has 0 bridgehead atoms. The summed E-state index contributed by atoms with van der Waals surface area (Å²) in [7, 11) is 4.05. The second-order valence-electron chi connectivity index (χ2n) is 9.76. The lowest BCUT2D eigenvalue weighted by Crippen LogP contribution is -2.50. The van der Waals surface area contributed by atoms with Crippen molar-refractivity contribution in [2.24, 2.45) is 11.8 Å². The number of hydrogen-bond donors (Lipinski definition) is 2. The molecule has 1 aliphatic carbocycles. The lowest BCUT2D eigenvalue weighted by atomic mass is 9.83. The second kappa shape index (κ2) is 11.3. The van der Waals surface area contributed by atoms with Crippen LogP contribution in [0.4, 0.5) is 0 Å². The molecule has 1 fully saturated rings. The number of carbonyl (C=O) groups excluding carboxylic acids is 2. The van der Waals surface area contributed by atoms with Gasteiger partial charge in [0.25, 0.3) is 5.91 Å². The van der Waals surface area contributed by atoms with E-state index >= 15 is 0 Å². The minimum atomic E-state index is -0.498. The van der Waals surface area contributed by atoms with Crippen molar-refractivity contribution in [3.05, 3.63) is 30.0 Å². The lowest BCUT2D eigenvalue weighted by molar-refractivity contribution is -0.127. The Balaban J connectivity index is 1.67. The first-order valence-corrected chi connectivity index (χ1v) is 11.9. The van der Waals surface area contributed by atoms with Gasteiger partial charge in [-0.25, -0.2) is 0 Å². The molecule has 8 heteroatoms. The first-order chi connectivity index (χ1) is 15.8. The summed E-state index contributed by atoms with van der Waals surface area (Å²) in [5.41, 5.74) is 1.42. The highest BCUT2D eigenvalue weighted by Gasteiger charge is 2.33. The molecule has 33 heavy (non-hydrogen) atoms. The van der Waals surface area contributed by atoms with E-state index in [0.717, 1.165) is 43.3 Å². The van der Waals surface area contributed by atoms with Gasteiger partial charge in [-0.1, -0.05) is 26.7 Å². The predicted molar refractivity (Wildman–Crippen MR) is 128 cm³/mol. The summed E-state index contributed by atoms with van der Waals surface area (Å²) < 4.78 is 1.90. The van der Waals surface area contributed by atoms with Crippen molar-refractivity contribution in [2.45, 2.75) is 64.6 Å². The first kappa shape index (κ1) is 24.7. The minimum Gasteiger partial charge on any atom is -0.349 e. The van der Waals surface area contributed by atoms with Gasteiger partial charge in [0.1, 0.15) is 6.04 Å². The van der Waals surface area contributed by atoms with Crippen LogP contribution in [0.2, 0.25) is 0 Å². The van der Waals surface area contributed by atoms with Crippen LogP contribution in [0.25, 0.3) is 10.9 Å². The fourth-order valence-corrected chi connectivity index (χ4v) is 4.40. The maximum atomic E-state index is 13.0. The van der Waals surface area contributed by atoms with Crippen LogP contribution in [-0.4, -0.2) is 59.2 Å². The highest BCUT2D eigenvalue weighted by atomic mass is 16.2. The van der Waals surface area contributed by atoms with E-state index in [1.807, 2.05) is 51.0 Å². The molecule has 1 aromatic carbocycles. The van der Waals surface area contributed by atoms with Crippen molar-refractivity contribution < 1.29 is 9.59 Å². The van der Waals surface area contributed by atoms with Crippen molar-refractivity contribution in [1.29, 1.82) is 5.26 Å². The van der Waals surface area contributed by atoms with Crippen molar-refractivity contribution in [2.75, 3.05) is 20.6 Å². The lowest BCUT2D eigenvalue weighted by Gasteiger charge is -2.32. The van der Waals surface area contributed by atoms with Crippen molar-refractivity contribution in [3.63, 3.8) is 0 Å². The molecule has 2 N–H and O–H groups in total. The summed E-state index contributed by atoms with van der Waals surface area (Å²) in [4.78, 5) is 28.1. The molecular formula is C25H36N6O2. The number of rotatable bonds is 9. The second-order valence-corrected chi connectivity index (χ2v) is 9.76. The molecule has 2 aromatic rings. The normalized spacial score (nSPS) is 19.4. The molecule has 0 spiro atoms. The van der Waals surface area contributed by atoms with Crippen LogP contribution < -0.4 is 10.6 Å². The number of carbonyl (C=O) groups is 2. The highest BCUT2D eigenvalue weighted by molar-refractivity contribution is 5.98. The summed E-state index contributed by atoms with van der Waals surface area (Å²) >= 11 is 0. The van der Waals surface area contributed by atoms with E-state index in [9.17, 15) is 14.9 Å². The van der Waals surface area contributed by atoms with Crippen LogP contribution in [-0.2, 0) is 11.3 Å². The van der Waals surface area contributed by atoms with E-state index in [4.69, 9.17) is 0 Å². The molecule has 3 atom stereocenters. The van der Waals surface area contributed by atoms with Gasteiger partial charge in [-0.15, -0.1) is 0 Å². The third-order valence-corrected chi connectivity index (χ3v) is 6.19. The molecule has 1 saturated carbocycles. The summed E-state index contributed by atoms with van der Waals surface area (Å²) in [5, 5.41) is 20.9. The van der Waals surface area contributed by atoms with Crippen molar-refractivity contribution in [3.8, 4) is 6.07 Å². The first-order valence-electron chi connectivity index (χ1n) is 11.9. The summed E-state index contributed by atoms with van der Waals surface area (Å²) in [6.45, 7) is 5.73. The molecule has 8 nitrogen and oxygen atoms in total. The Bertz CT molecular complexity index is 1010. The van der Waals surface area contributed by atoms with Gasteiger partial charge in [0.05, 0.1) is 24.0 Å². The van der Waals surface area contributed by atoms with Gasteiger partial charge in [-0.2, -0.15) is 10.4 Å². The zero-order valence-corrected chi connectivity index (χ0v) is 20.2. The molecule has 3 rings (SSSR count). The zero-order valence-electron chi connectivity index (χ0n) is 20.2. The average Bonchev–Trinajstić information content (AvgIpc) is 3.19. The molecule has 0 radical (unpaired) electrons. The molecule has 0 aliphatic heterocycles. The fraction of sp³-hybridized carbons (Fsp3) is 0.600. The maximum Gasteiger partial charge on any atom is 0.251 e. The third kappa shape index (κ3) is 6.78. The van der Waals surface area contributed by atoms with Crippen LogP contribution >= 0.6 is 0 Å². The molecule has 178 valence electrons. The Morgan fingerprint density at radius 1 is 1.27 bits per heavy atom. The molecule has 2 amide bonds. The third-order valence-electron chi connectivity index (χ3n) is 6.19. The maximum absolute atomic E-state index is 13.0. The summed E-state index contributed by atoms with van der Waals surface area (Å²) in [6.07, 6.45) is 5.98. The van der Waals surface area contributed by atoms with Crippen LogP contribution in [0.15, 0.2) is 24.4 Å².